The molecule has 1 aliphatic heterocycles. The predicted molar refractivity (Wildman–Crippen MR) is 133 cm³/mol. The summed E-state index contributed by atoms with van der Waals surface area (Å²) in [7, 11) is 0. The number of aromatic nitrogens is 1. The predicted octanol–water partition coefficient (Wildman–Crippen LogP) is 6.20. The van der Waals surface area contributed by atoms with Gasteiger partial charge < -0.3 is 14.1 Å². The molecule has 8 unspecified atom stereocenters. The molecule has 0 aromatic carbocycles. The fraction of sp³-hybridized carbons (Fsp3) is 0.862. The zero-order chi connectivity index (χ0) is 23.5. The van der Waals surface area contributed by atoms with E-state index in [1.54, 1.807) is 6.20 Å². The summed E-state index contributed by atoms with van der Waals surface area (Å²) in [4.78, 5) is 19.1. The van der Waals surface area contributed by atoms with E-state index in [0.29, 0.717) is 17.2 Å². The monoisotopic (exact) mass is 470 g/mol. The van der Waals surface area contributed by atoms with Crippen molar-refractivity contribution in [1.29, 1.82) is 0 Å². The Labute approximate surface area is 206 Å². The van der Waals surface area contributed by atoms with Gasteiger partial charge in [-0.05, 0) is 118 Å². The standard InChI is InChI=1S/C26H43NO2.C3H3NO/c1-3-29-17-18-6-8-20-19(16-18)7-9-22-21(20)12-13-26(2)23(22)10-11-24(26)25(28)27-14-4-5-15-27;1-2-5-3-4-1/h18-24H,3-17H2,1-2H3;1-3H. The molecule has 5 heteroatoms. The van der Waals surface area contributed by atoms with Crippen molar-refractivity contribution in [1.82, 2.24) is 9.88 Å². The molecule has 0 bridgehead atoms. The summed E-state index contributed by atoms with van der Waals surface area (Å²) in [6.45, 7) is 8.55. The van der Waals surface area contributed by atoms with E-state index in [-0.39, 0.29) is 0 Å². The van der Waals surface area contributed by atoms with Gasteiger partial charge in [-0.3, -0.25) is 4.79 Å². The Kier molecular flexibility index (Phi) is 7.67. The quantitative estimate of drug-likeness (QED) is 0.525. The molecule has 1 aromatic rings. The average molecular weight is 471 g/mol. The Bertz CT molecular complexity index is 759. The molecule has 8 atom stereocenters. The van der Waals surface area contributed by atoms with Gasteiger partial charge in [0.15, 0.2) is 6.39 Å². The van der Waals surface area contributed by atoms with Gasteiger partial charge in [-0.15, -0.1) is 0 Å². The first-order chi connectivity index (χ1) is 16.6. The number of carbonyl (C=O) groups is 1. The Morgan fingerprint density at radius 1 is 1.06 bits per heavy atom. The van der Waals surface area contributed by atoms with Gasteiger partial charge in [0.2, 0.25) is 5.91 Å². The summed E-state index contributed by atoms with van der Waals surface area (Å²) >= 11 is 0. The minimum atomic E-state index is 0.292. The van der Waals surface area contributed by atoms with Gasteiger partial charge in [-0.1, -0.05) is 6.92 Å². The molecule has 4 saturated carbocycles. The van der Waals surface area contributed by atoms with E-state index in [9.17, 15) is 4.79 Å². The van der Waals surface area contributed by atoms with Gasteiger partial charge in [0.1, 0.15) is 6.26 Å². The lowest BCUT2D eigenvalue weighted by molar-refractivity contribution is -0.142. The lowest BCUT2D eigenvalue weighted by Crippen LogP contribution is -2.50. The Hall–Kier alpha value is -1.36. The second-order valence-corrected chi connectivity index (χ2v) is 12.2. The first-order valence-corrected chi connectivity index (χ1v) is 14.3. The number of hydrogen-bond donors (Lipinski definition) is 0. The summed E-state index contributed by atoms with van der Waals surface area (Å²) in [5.41, 5.74) is 0.292. The van der Waals surface area contributed by atoms with Crippen LogP contribution in [0.1, 0.15) is 84.5 Å². The summed E-state index contributed by atoms with van der Waals surface area (Å²) in [5, 5.41) is 0. The van der Waals surface area contributed by atoms with Crippen LogP contribution in [0, 0.1) is 46.8 Å². The first kappa shape index (κ1) is 24.3. The molecule has 1 amide bonds. The van der Waals surface area contributed by atoms with E-state index in [0.717, 1.165) is 61.8 Å². The molecule has 5 aliphatic rings. The summed E-state index contributed by atoms with van der Waals surface area (Å²) in [5.74, 6) is 6.29. The Morgan fingerprint density at radius 2 is 1.88 bits per heavy atom. The minimum Gasteiger partial charge on any atom is -0.452 e. The van der Waals surface area contributed by atoms with E-state index in [4.69, 9.17) is 4.74 Å². The normalized spacial score (nSPS) is 41.1. The van der Waals surface area contributed by atoms with Crippen molar-refractivity contribution < 1.29 is 13.9 Å². The number of oxazole rings is 1. The number of ether oxygens (including phenoxy) is 1. The van der Waals surface area contributed by atoms with Gasteiger partial charge in [0.25, 0.3) is 0 Å². The first-order valence-electron chi connectivity index (χ1n) is 14.3. The third kappa shape index (κ3) is 4.70. The van der Waals surface area contributed by atoms with Crippen molar-refractivity contribution in [3.63, 3.8) is 0 Å². The second kappa shape index (κ2) is 10.7. The number of rotatable bonds is 4. The molecule has 0 radical (unpaired) electrons. The number of carbonyl (C=O) groups excluding carboxylic acids is 1. The Morgan fingerprint density at radius 3 is 2.59 bits per heavy atom. The topological polar surface area (TPSA) is 55.6 Å². The van der Waals surface area contributed by atoms with Crippen LogP contribution in [-0.2, 0) is 9.53 Å². The number of amides is 1. The van der Waals surface area contributed by atoms with E-state index in [1.807, 2.05) is 0 Å². The van der Waals surface area contributed by atoms with E-state index in [1.165, 1.54) is 83.3 Å². The molecule has 0 spiro atoms. The molecular weight excluding hydrogens is 424 g/mol. The molecule has 5 fully saturated rings. The molecule has 2 heterocycles. The summed E-state index contributed by atoms with van der Waals surface area (Å²) < 4.78 is 10.2. The number of likely N-dealkylation sites (tertiary alicyclic amines) is 1. The smallest absolute Gasteiger partial charge is 0.226 e. The maximum atomic E-state index is 13.3. The lowest BCUT2D eigenvalue weighted by Gasteiger charge is -2.56. The van der Waals surface area contributed by atoms with Gasteiger partial charge in [-0.25, -0.2) is 4.98 Å². The fourth-order valence-electron chi connectivity index (χ4n) is 9.13. The fourth-order valence-corrected chi connectivity index (χ4v) is 9.13. The van der Waals surface area contributed by atoms with Gasteiger partial charge in [0, 0.05) is 32.2 Å². The van der Waals surface area contributed by atoms with Crippen molar-refractivity contribution in [2.24, 2.45) is 46.8 Å². The van der Waals surface area contributed by atoms with Crippen molar-refractivity contribution in [3.8, 4) is 0 Å². The van der Waals surface area contributed by atoms with Crippen LogP contribution in [0.4, 0.5) is 0 Å². The van der Waals surface area contributed by atoms with Crippen molar-refractivity contribution >= 4 is 5.91 Å². The highest BCUT2D eigenvalue weighted by molar-refractivity contribution is 5.80. The molecule has 34 heavy (non-hydrogen) atoms. The van der Waals surface area contributed by atoms with Crippen LogP contribution < -0.4 is 0 Å². The van der Waals surface area contributed by atoms with Gasteiger partial charge >= 0.3 is 0 Å². The molecule has 0 N–H and O–H groups in total. The molecule has 6 rings (SSSR count). The largest absolute Gasteiger partial charge is 0.452 e. The molecule has 190 valence electrons. The number of nitrogens with zero attached hydrogens (tertiary/aromatic N) is 2. The van der Waals surface area contributed by atoms with E-state index >= 15 is 0 Å². The minimum absolute atomic E-state index is 0.292. The molecular formula is C29H46N2O3. The Balaban J connectivity index is 0.000000429. The van der Waals surface area contributed by atoms with Crippen molar-refractivity contribution in [2.75, 3.05) is 26.3 Å². The maximum absolute atomic E-state index is 13.3. The number of hydrogen-bond acceptors (Lipinski definition) is 4. The zero-order valence-electron chi connectivity index (χ0n) is 21.5. The SMILES string of the molecule is CCOCC1CCC2C(CCC3C2CCC2(C)C(C(=O)N4CCCC4)CCC32)C1.c1cocn1. The van der Waals surface area contributed by atoms with Crippen LogP contribution in [0.15, 0.2) is 23.3 Å². The van der Waals surface area contributed by atoms with Crippen LogP contribution in [0.2, 0.25) is 0 Å². The molecule has 1 saturated heterocycles. The van der Waals surface area contributed by atoms with Crippen molar-refractivity contribution in [2.45, 2.75) is 84.5 Å². The maximum Gasteiger partial charge on any atom is 0.226 e. The number of fused-ring (bicyclic) bond motifs is 5. The van der Waals surface area contributed by atoms with Crippen LogP contribution in [0.25, 0.3) is 0 Å². The van der Waals surface area contributed by atoms with Crippen LogP contribution in [0.3, 0.4) is 0 Å². The molecule has 1 aromatic heterocycles. The second-order valence-electron chi connectivity index (χ2n) is 12.2. The highest BCUT2D eigenvalue weighted by atomic mass is 16.5. The summed E-state index contributed by atoms with van der Waals surface area (Å²) in [6, 6.07) is 0. The summed E-state index contributed by atoms with van der Waals surface area (Å²) in [6.07, 6.45) is 19.3. The van der Waals surface area contributed by atoms with Crippen LogP contribution >= 0.6 is 0 Å². The lowest BCUT2D eigenvalue weighted by atomic mass is 9.49. The van der Waals surface area contributed by atoms with E-state index in [2.05, 4.69) is 28.1 Å². The van der Waals surface area contributed by atoms with Crippen LogP contribution in [0.5, 0.6) is 0 Å². The third-order valence-corrected chi connectivity index (χ3v) is 10.7. The highest BCUT2D eigenvalue weighted by Crippen LogP contribution is 2.64. The van der Waals surface area contributed by atoms with Gasteiger partial charge in [-0.2, -0.15) is 0 Å². The zero-order valence-corrected chi connectivity index (χ0v) is 21.5. The van der Waals surface area contributed by atoms with E-state index < -0.39 is 0 Å². The van der Waals surface area contributed by atoms with Gasteiger partial charge in [0.05, 0.1) is 6.20 Å². The van der Waals surface area contributed by atoms with Crippen LogP contribution in [-0.4, -0.2) is 42.1 Å². The highest BCUT2D eigenvalue weighted by Gasteiger charge is 2.59. The molecule has 5 nitrogen and oxygen atoms in total. The third-order valence-electron chi connectivity index (χ3n) is 10.7. The average Bonchev–Trinajstić information content (AvgIpc) is 3.64. The van der Waals surface area contributed by atoms with Crippen molar-refractivity contribution in [3.05, 3.63) is 18.9 Å². The molecule has 4 aliphatic carbocycles.